The minimum absolute atomic E-state index is 0.166. The highest BCUT2D eigenvalue weighted by molar-refractivity contribution is 5.85. The van der Waals surface area contributed by atoms with Crippen molar-refractivity contribution >= 4 is 11.9 Å². The van der Waals surface area contributed by atoms with Crippen LogP contribution in [0.3, 0.4) is 0 Å². The molecule has 0 amide bonds. The molecule has 2 unspecified atom stereocenters. The van der Waals surface area contributed by atoms with Gasteiger partial charge in [-0.1, -0.05) is 20.1 Å². The van der Waals surface area contributed by atoms with Crippen LogP contribution in [-0.2, 0) is 19.1 Å². The Morgan fingerprint density at radius 3 is 2.10 bits per heavy atom. The van der Waals surface area contributed by atoms with Gasteiger partial charge in [-0.05, 0) is 20.3 Å². The lowest BCUT2D eigenvalue weighted by atomic mass is 10.1. The van der Waals surface area contributed by atoms with Gasteiger partial charge in [0, 0.05) is 17.6 Å². The van der Waals surface area contributed by atoms with Gasteiger partial charge >= 0.3 is 11.9 Å². The second-order valence-electron chi connectivity index (χ2n) is 4.74. The highest BCUT2D eigenvalue weighted by Crippen LogP contribution is 2.28. The molecular weight excluding hydrogens is 264 g/mol. The minimum atomic E-state index is -0.973. The van der Waals surface area contributed by atoms with Crippen molar-refractivity contribution in [1.29, 1.82) is 0 Å². The summed E-state index contributed by atoms with van der Waals surface area (Å²) in [6, 6.07) is 0. The van der Waals surface area contributed by atoms with Crippen LogP contribution in [0.15, 0.2) is 24.3 Å². The Hall–Kier alpha value is -1.66. The molecule has 1 aliphatic heterocycles. The summed E-state index contributed by atoms with van der Waals surface area (Å²) < 4.78 is 11.0. The molecular formula is C14H22O6. The van der Waals surface area contributed by atoms with Crippen molar-refractivity contribution < 1.29 is 29.3 Å². The van der Waals surface area contributed by atoms with E-state index in [0.29, 0.717) is 13.0 Å². The quantitative estimate of drug-likeness (QED) is 0.753. The van der Waals surface area contributed by atoms with Crippen LogP contribution < -0.4 is 0 Å². The van der Waals surface area contributed by atoms with E-state index in [1.165, 1.54) is 6.92 Å². The highest BCUT2D eigenvalue weighted by atomic mass is 16.7. The number of carboxylic acids is 2. The normalized spacial score (nSPS) is 24.4. The molecule has 6 nitrogen and oxygen atoms in total. The zero-order chi connectivity index (χ0) is 15.9. The molecule has 1 saturated heterocycles. The summed E-state index contributed by atoms with van der Waals surface area (Å²) in [4.78, 5) is 20.1. The van der Waals surface area contributed by atoms with Crippen LogP contribution in [0.1, 0.15) is 33.6 Å². The molecule has 0 aromatic heterocycles. The zero-order valence-electron chi connectivity index (χ0n) is 12.1. The molecule has 2 atom stereocenters. The molecule has 0 saturated carbocycles. The van der Waals surface area contributed by atoms with Gasteiger partial charge in [-0.3, -0.25) is 0 Å². The summed E-state index contributed by atoms with van der Waals surface area (Å²) in [7, 11) is 0. The fourth-order valence-corrected chi connectivity index (χ4v) is 1.34. The lowest BCUT2D eigenvalue weighted by Gasteiger charge is -2.20. The number of hydrogen-bond donors (Lipinski definition) is 2. The van der Waals surface area contributed by atoms with Gasteiger partial charge in [0.05, 0.1) is 12.7 Å². The molecule has 20 heavy (non-hydrogen) atoms. The van der Waals surface area contributed by atoms with Crippen molar-refractivity contribution in [3.63, 3.8) is 0 Å². The van der Waals surface area contributed by atoms with E-state index in [0.717, 1.165) is 6.42 Å². The van der Waals surface area contributed by atoms with Gasteiger partial charge in [0.25, 0.3) is 0 Å². The van der Waals surface area contributed by atoms with Crippen LogP contribution >= 0.6 is 0 Å². The van der Waals surface area contributed by atoms with E-state index in [2.05, 4.69) is 13.2 Å². The summed E-state index contributed by atoms with van der Waals surface area (Å²) >= 11 is 0. The first-order chi connectivity index (χ1) is 9.11. The van der Waals surface area contributed by atoms with Crippen molar-refractivity contribution in [2.24, 2.45) is 0 Å². The smallest absolute Gasteiger partial charge is 0.331 e. The number of carbonyl (C=O) groups is 2. The Morgan fingerprint density at radius 2 is 1.80 bits per heavy atom. The Balaban J connectivity index is 0.000000511. The van der Waals surface area contributed by atoms with Gasteiger partial charge in [-0.2, -0.15) is 0 Å². The van der Waals surface area contributed by atoms with Gasteiger partial charge in [0.1, 0.15) is 0 Å². The molecule has 0 spiro atoms. The van der Waals surface area contributed by atoms with Crippen molar-refractivity contribution in [1.82, 2.24) is 0 Å². The SMILES string of the molecule is C=C(C)C(=O)O.C=C(CC1COC(C)(CC)O1)C(=O)O. The molecule has 1 heterocycles. The molecule has 1 aliphatic rings. The van der Waals surface area contributed by atoms with Crippen molar-refractivity contribution in [2.75, 3.05) is 6.61 Å². The van der Waals surface area contributed by atoms with Crippen LogP contribution in [0.4, 0.5) is 0 Å². The van der Waals surface area contributed by atoms with Crippen LogP contribution in [0, 0.1) is 0 Å². The Bertz CT molecular complexity index is 388. The second kappa shape index (κ2) is 7.81. The summed E-state index contributed by atoms with van der Waals surface area (Å²) in [5.41, 5.74) is 0.342. The Morgan fingerprint density at radius 1 is 1.30 bits per heavy atom. The summed E-state index contributed by atoms with van der Waals surface area (Å²) in [6.45, 7) is 12.3. The zero-order valence-corrected chi connectivity index (χ0v) is 12.1. The summed E-state index contributed by atoms with van der Waals surface area (Å²) in [5.74, 6) is -2.46. The minimum Gasteiger partial charge on any atom is -0.478 e. The van der Waals surface area contributed by atoms with Gasteiger partial charge in [0.2, 0.25) is 0 Å². The summed E-state index contributed by atoms with van der Waals surface area (Å²) in [5, 5.41) is 16.5. The first kappa shape index (κ1) is 18.3. The molecule has 0 aliphatic carbocycles. The van der Waals surface area contributed by atoms with E-state index >= 15 is 0 Å². The van der Waals surface area contributed by atoms with Gasteiger partial charge in [-0.15, -0.1) is 0 Å². The predicted molar refractivity (Wildman–Crippen MR) is 73.4 cm³/mol. The maximum absolute atomic E-state index is 10.5. The molecule has 114 valence electrons. The largest absolute Gasteiger partial charge is 0.478 e. The molecule has 0 radical (unpaired) electrons. The fraction of sp³-hybridized carbons (Fsp3) is 0.571. The van der Waals surface area contributed by atoms with Crippen molar-refractivity contribution in [2.45, 2.75) is 45.5 Å². The standard InChI is InChI=1S/C10H16O4.C4H6O2/c1-4-10(3)13-6-8(14-10)5-7(2)9(11)12;1-3(2)4(5)6/h8H,2,4-6H2,1,3H3,(H,11,12);1H2,2H3,(H,5,6). The van der Waals surface area contributed by atoms with Crippen molar-refractivity contribution in [3.8, 4) is 0 Å². The van der Waals surface area contributed by atoms with E-state index in [9.17, 15) is 9.59 Å². The Labute approximate surface area is 118 Å². The fourth-order valence-electron chi connectivity index (χ4n) is 1.34. The molecule has 1 fully saturated rings. The van der Waals surface area contributed by atoms with Gasteiger partial charge in [-0.25, -0.2) is 9.59 Å². The first-order valence-corrected chi connectivity index (χ1v) is 6.23. The third kappa shape index (κ3) is 6.49. The van der Waals surface area contributed by atoms with Gasteiger partial charge in [0.15, 0.2) is 5.79 Å². The van der Waals surface area contributed by atoms with Crippen LogP contribution in [-0.4, -0.2) is 40.6 Å². The van der Waals surface area contributed by atoms with Gasteiger partial charge < -0.3 is 19.7 Å². The third-order valence-corrected chi connectivity index (χ3v) is 2.77. The third-order valence-electron chi connectivity index (χ3n) is 2.77. The average Bonchev–Trinajstić information content (AvgIpc) is 2.72. The molecule has 0 bridgehead atoms. The Kier molecular flexibility index (Phi) is 7.17. The first-order valence-electron chi connectivity index (χ1n) is 6.23. The van der Waals surface area contributed by atoms with Crippen LogP contribution in [0.5, 0.6) is 0 Å². The number of carboxylic acid groups (broad SMARTS) is 2. The maximum atomic E-state index is 10.5. The number of aliphatic carboxylic acids is 2. The average molecular weight is 286 g/mol. The second-order valence-corrected chi connectivity index (χ2v) is 4.74. The number of rotatable bonds is 5. The molecule has 0 aromatic rings. The van der Waals surface area contributed by atoms with E-state index in [1.807, 2.05) is 13.8 Å². The number of hydrogen-bond acceptors (Lipinski definition) is 4. The highest BCUT2D eigenvalue weighted by Gasteiger charge is 2.35. The van der Waals surface area contributed by atoms with Crippen molar-refractivity contribution in [3.05, 3.63) is 24.3 Å². The molecule has 2 N–H and O–H groups in total. The lowest BCUT2D eigenvalue weighted by Crippen LogP contribution is -2.25. The van der Waals surface area contributed by atoms with E-state index in [1.54, 1.807) is 0 Å². The van der Waals surface area contributed by atoms with Crippen LogP contribution in [0.25, 0.3) is 0 Å². The van der Waals surface area contributed by atoms with E-state index < -0.39 is 17.7 Å². The lowest BCUT2D eigenvalue weighted by molar-refractivity contribution is -0.155. The number of ether oxygens (including phenoxy) is 2. The van der Waals surface area contributed by atoms with E-state index in [-0.39, 0.29) is 17.3 Å². The summed E-state index contributed by atoms with van der Waals surface area (Å²) in [6.07, 6.45) is 0.900. The monoisotopic (exact) mass is 286 g/mol. The molecule has 6 heteroatoms. The molecule has 1 rings (SSSR count). The molecule has 0 aromatic carbocycles. The van der Waals surface area contributed by atoms with E-state index in [4.69, 9.17) is 19.7 Å². The predicted octanol–water partition coefficient (Wildman–Crippen LogP) is 2.21. The van der Waals surface area contributed by atoms with Crippen LogP contribution in [0.2, 0.25) is 0 Å². The topological polar surface area (TPSA) is 93.1 Å². The maximum Gasteiger partial charge on any atom is 0.331 e.